The molecule has 0 fully saturated rings. The Balaban J connectivity index is 2.25. The number of rotatable bonds is 3. The Morgan fingerprint density at radius 1 is 0.950 bits per heavy atom. The average Bonchev–Trinajstić information content (AvgIpc) is 2.35. The Labute approximate surface area is 116 Å². The topological polar surface area (TPSA) is 12.0 Å². The molecule has 0 bridgehead atoms. The van der Waals surface area contributed by atoms with Gasteiger partial charge in [0.15, 0.2) is 17.5 Å². The molecule has 1 nitrogen and oxygen atoms in total. The minimum absolute atomic E-state index is 0.139. The van der Waals surface area contributed by atoms with Crippen LogP contribution in [0.1, 0.15) is 29.7 Å². The van der Waals surface area contributed by atoms with E-state index < -0.39 is 17.5 Å². The van der Waals surface area contributed by atoms with Gasteiger partial charge in [-0.05, 0) is 31.9 Å². The summed E-state index contributed by atoms with van der Waals surface area (Å²) in [6, 6.07) is 7.76. The minimum atomic E-state index is -1.45. The molecular weight excluding hydrogens is 263 g/mol. The van der Waals surface area contributed by atoms with Crippen molar-refractivity contribution < 1.29 is 13.2 Å². The van der Waals surface area contributed by atoms with Gasteiger partial charge in [0.25, 0.3) is 0 Å². The molecule has 2 rings (SSSR count). The number of halogens is 3. The van der Waals surface area contributed by atoms with Crippen molar-refractivity contribution in [2.45, 2.75) is 26.8 Å². The van der Waals surface area contributed by atoms with E-state index in [1.807, 2.05) is 39.0 Å². The Hall–Kier alpha value is -1.97. The molecule has 0 heterocycles. The van der Waals surface area contributed by atoms with Crippen molar-refractivity contribution in [2.24, 2.45) is 0 Å². The van der Waals surface area contributed by atoms with Crippen molar-refractivity contribution in [3.63, 3.8) is 0 Å². The molecule has 106 valence electrons. The molecular formula is C16H16F3N. The molecule has 0 saturated carbocycles. The largest absolute Gasteiger partial charge is 0.378 e. The van der Waals surface area contributed by atoms with E-state index in [1.54, 1.807) is 0 Å². The number of hydrogen-bond acceptors (Lipinski definition) is 1. The minimum Gasteiger partial charge on any atom is -0.378 e. The maximum atomic E-state index is 13.2. The fraction of sp³-hybridized carbons (Fsp3) is 0.250. The van der Waals surface area contributed by atoms with Crippen molar-refractivity contribution in [1.29, 1.82) is 0 Å². The summed E-state index contributed by atoms with van der Waals surface area (Å²) in [4.78, 5) is 0. The second kappa shape index (κ2) is 5.57. The van der Waals surface area contributed by atoms with Crippen molar-refractivity contribution in [2.75, 3.05) is 5.32 Å². The number of hydrogen-bond donors (Lipinski definition) is 1. The van der Waals surface area contributed by atoms with E-state index in [2.05, 4.69) is 5.32 Å². The van der Waals surface area contributed by atoms with Crippen LogP contribution in [0.2, 0.25) is 0 Å². The van der Waals surface area contributed by atoms with Gasteiger partial charge < -0.3 is 5.32 Å². The predicted molar refractivity (Wildman–Crippen MR) is 74.3 cm³/mol. The molecule has 1 atom stereocenters. The Morgan fingerprint density at radius 3 is 2.10 bits per heavy atom. The molecule has 0 spiro atoms. The van der Waals surface area contributed by atoms with Gasteiger partial charge in [0.2, 0.25) is 0 Å². The molecule has 1 N–H and O–H groups in total. The van der Waals surface area contributed by atoms with Crippen LogP contribution in [0, 0.1) is 31.3 Å². The quantitative estimate of drug-likeness (QED) is 0.788. The fourth-order valence-electron chi connectivity index (χ4n) is 2.28. The maximum Gasteiger partial charge on any atom is 0.194 e. The lowest BCUT2D eigenvalue weighted by Gasteiger charge is -2.18. The van der Waals surface area contributed by atoms with E-state index in [9.17, 15) is 13.2 Å². The van der Waals surface area contributed by atoms with Crippen LogP contribution in [0.25, 0.3) is 0 Å². The first-order chi connectivity index (χ1) is 9.38. The highest BCUT2D eigenvalue weighted by atomic mass is 19.2. The first-order valence-electron chi connectivity index (χ1n) is 6.36. The molecule has 0 aliphatic carbocycles. The van der Waals surface area contributed by atoms with E-state index >= 15 is 0 Å². The average molecular weight is 279 g/mol. The lowest BCUT2D eigenvalue weighted by Crippen LogP contribution is -2.09. The van der Waals surface area contributed by atoms with E-state index in [1.165, 1.54) is 0 Å². The maximum absolute atomic E-state index is 13.2. The van der Waals surface area contributed by atoms with E-state index in [0.717, 1.165) is 28.8 Å². The molecule has 0 aromatic heterocycles. The zero-order valence-electron chi connectivity index (χ0n) is 11.6. The normalized spacial score (nSPS) is 12.3. The lowest BCUT2D eigenvalue weighted by molar-refractivity contribution is 0.447. The van der Waals surface area contributed by atoms with Gasteiger partial charge >= 0.3 is 0 Å². The van der Waals surface area contributed by atoms with Crippen LogP contribution in [0.15, 0.2) is 30.3 Å². The van der Waals surface area contributed by atoms with Crippen LogP contribution in [0.3, 0.4) is 0 Å². The van der Waals surface area contributed by atoms with Gasteiger partial charge in [-0.1, -0.05) is 23.8 Å². The van der Waals surface area contributed by atoms with Crippen LogP contribution < -0.4 is 5.32 Å². The highest BCUT2D eigenvalue weighted by molar-refractivity contribution is 5.47. The zero-order chi connectivity index (χ0) is 14.9. The van der Waals surface area contributed by atoms with Gasteiger partial charge in [-0.3, -0.25) is 0 Å². The number of aryl methyl sites for hydroxylation is 2. The van der Waals surface area contributed by atoms with Crippen molar-refractivity contribution in [3.8, 4) is 0 Å². The highest BCUT2D eigenvalue weighted by Crippen LogP contribution is 2.25. The summed E-state index contributed by atoms with van der Waals surface area (Å²) in [6.45, 7) is 5.86. The van der Waals surface area contributed by atoms with Gasteiger partial charge in [0, 0.05) is 23.9 Å². The Morgan fingerprint density at radius 2 is 1.55 bits per heavy atom. The molecule has 0 radical (unpaired) electrons. The van der Waals surface area contributed by atoms with Gasteiger partial charge in [-0.2, -0.15) is 0 Å². The molecule has 1 unspecified atom stereocenters. The van der Waals surface area contributed by atoms with Crippen LogP contribution in [-0.2, 0) is 0 Å². The molecule has 0 aliphatic heterocycles. The summed E-state index contributed by atoms with van der Waals surface area (Å²) in [5.41, 5.74) is 3.49. The number of benzene rings is 2. The third kappa shape index (κ3) is 2.95. The smallest absolute Gasteiger partial charge is 0.194 e. The highest BCUT2D eigenvalue weighted by Gasteiger charge is 2.13. The monoisotopic (exact) mass is 279 g/mol. The van der Waals surface area contributed by atoms with E-state index in [4.69, 9.17) is 0 Å². The van der Waals surface area contributed by atoms with Crippen LogP contribution >= 0.6 is 0 Å². The van der Waals surface area contributed by atoms with Crippen LogP contribution in [-0.4, -0.2) is 0 Å². The Kier molecular flexibility index (Phi) is 4.02. The third-order valence-corrected chi connectivity index (χ3v) is 3.26. The van der Waals surface area contributed by atoms with Gasteiger partial charge in [0.1, 0.15) is 0 Å². The van der Waals surface area contributed by atoms with Gasteiger partial charge in [-0.15, -0.1) is 0 Å². The molecule has 0 aliphatic rings. The molecule has 20 heavy (non-hydrogen) atoms. The second-order valence-corrected chi connectivity index (χ2v) is 4.98. The van der Waals surface area contributed by atoms with Crippen LogP contribution in [0.4, 0.5) is 18.9 Å². The van der Waals surface area contributed by atoms with Crippen LogP contribution in [0.5, 0.6) is 0 Å². The number of nitrogens with one attached hydrogen (secondary N) is 1. The standard InChI is InChI=1S/C16H16F3N/c1-9-4-5-13(10(2)6-9)11(3)20-12-7-14(17)16(19)15(18)8-12/h4-8,11,20H,1-3H3. The fourth-order valence-corrected chi connectivity index (χ4v) is 2.28. The van der Waals surface area contributed by atoms with Gasteiger partial charge in [0.05, 0.1) is 0 Å². The SMILES string of the molecule is Cc1ccc(C(C)Nc2cc(F)c(F)c(F)c2)c(C)c1. The molecule has 2 aromatic carbocycles. The molecule has 4 heteroatoms. The summed E-state index contributed by atoms with van der Waals surface area (Å²) in [5.74, 6) is -3.84. The van der Waals surface area contributed by atoms with Gasteiger partial charge in [-0.25, -0.2) is 13.2 Å². The summed E-state index contributed by atoms with van der Waals surface area (Å²) in [5, 5.41) is 2.98. The molecule has 2 aromatic rings. The molecule has 0 saturated heterocycles. The second-order valence-electron chi connectivity index (χ2n) is 4.98. The summed E-state index contributed by atoms with van der Waals surface area (Å²) < 4.78 is 39.2. The number of anilines is 1. The van der Waals surface area contributed by atoms with Crippen molar-refractivity contribution >= 4 is 5.69 Å². The first kappa shape index (κ1) is 14.4. The van der Waals surface area contributed by atoms with E-state index in [-0.39, 0.29) is 11.7 Å². The Bertz CT molecular complexity index is 615. The first-order valence-corrected chi connectivity index (χ1v) is 6.36. The molecule has 0 amide bonds. The zero-order valence-corrected chi connectivity index (χ0v) is 11.6. The third-order valence-electron chi connectivity index (χ3n) is 3.26. The van der Waals surface area contributed by atoms with Crippen molar-refractivity contribution in [1.82, 2.24) is 0 Å². The van der Waals surface area contributed by atoms with Crippen molar-refractivity contribution in [3.05, 3.63) is 64.5 Å². The summed E-state index contributed by atoms with van der Waals surface area (Å²) in [7, 11) is 0. The van der Waals surface area contributed by atoms with E-state index in [0.29, 0.717) is 0 Å². The predicted octanol–water partition coefficient (Wildman–Crippen LogP) is 4.89. The lowest BCUT2D eigenvalue weighted by atomic mass is 10.00. The summed E-state index contributed by atoms with van der Waals surface area (Å²) in [6.07, 6.45) is 0. The summed E-state index contributed by atoms with van der Waals surface area (Å²) >= 11 is 0.